The summed E-state index contributed by atoms with van der Waals surface area (Å²) >= 11 is 0. The molecule has 1 N–H and O–H groups in total. The highest BCUT2D eigenvalue weighted by atomic mass is 16.5. The summed E-state index contributed by atoms with van der Waals surface area (Å²) in [5.74, 6) is 0.638. The number of ether oxygens (including phenoxy) is 1. The molecule has 0 atom stereocenters. The van der Waals surface area contributed by atoms with Crippen LogP contribution in [0.4, 0.5) is 0 Å². The third-order valence-corrected chi connectivity index (χ3v) is 4.85. The van der Waals surface area contributed by atoms with E-state index in [4.69, 9.17) is 4.74 Å². The number of carbonyl (C=O) groups is 2. The number of benzene rings is 2. The van der Waals surface area contributed by atoms with Crippen LogP contribution in [0.15, 0.2) is 48.5 Å². The zero-order chi connectivity index (χ0) is 19.2. The lowest BCUT2D eigenvalue weighted by Gasteiger charge is -2.32. The minimum Gasteiger partial charge on any atom is -0.484 e. The number of piperidine rings is 1. The molecule has 2 aromatic carbocycles. The Bertz CT molecular complexity index is 793. The Labute approximate surface area is 160 Å². The van der Waals surface area contributed by atoms with E-state index in [9.17, 15) is 9.59 Å². The number of likely N-dealkylation sites (tertiary alicyclic amines) is 1. The van der Waals surface area contributed by atoms with Crippen molar-refractivity contribution in [3.8, 4) is 5.75 Å². The predicted octanol–water partition coefficient (Wildman–Crippen LogP) is 3.10. The van der Waals surface area contributed by atoms with Crippen molar-refractivity contribution in [1.29, 1.82) is 0 Å². The third-order valence-electron chi connectivity index (χ3n) is 4.85. The van der Waals surface area contributed by atoms with Crippen LogP contribution in [-0.2, 0) is 4.79 Å². The van der Waals surface area contributed by atoms with Crippen molar-refractivity contribution in [2.75, 3.05) is 19.7 Å². The number of hydrogen-bond donors (Lipinski definition) is 1. The summed E-state index contributed by atoms with van der Waals surface area (Å²) in [7, 11) is 0. The van der Waals surface area contributed by atoms with Gasteiger partial charge >= 0.3 is 0 Å². The van der Waals surface area contributed by atoms with Crippen molar-refractivity contribution in [2.45, 2.75) is 32.7 Å². The maximum atomic E-state index is 12.4. The summed E-state index contributed by atoms with van der Waals surface area (Å²) in [6, 6.07) is 15.3. The van der Waals surface area contributed by atoms with Crippen molar-refractivity contribution in [3.63, 3.8) is 0 Å². The van der Waals surface area contributed by atoms with Crippen LogP contribution in [-0.4, -0.2) is 42.5 Å². The van der Waals surface area contributed by atoms with Crippen LogP contribution < -0.4 is 10.1 Å². The van der Waals surface area contributed by atoms with Gasteiger partial charge in [0.1, 0.15) is 5.75 Å². The molecule has 0 aliphatic carbocycles. The van der Waals surface area contributed by atoms with Crippen molar-refractivity contribution < 1.29 is 14.3 Å². The molecule has 1 saturated heterocycles. The number of carbonyl (C=O) groups excluding carboxylic acids is 2. The molecule has 27 heavy (non-hydrogen) atoms. The van der Waals surface area contributed by atoms with Crippen LogP contribution in [0.2, 0.25) is 0 Å². The molecule has 3 rings (SSSR count). The van der Waals surface area contributed by atoms with Gasteiger partial charge in [0, 0.05) is 24.7 Å². The van der Waals surface area contributed by atoms with E-state index in [1.54, 1.807) is 0 Å². The monoisotopic (exact) mass is 366 g/mol. The minimum atomic E-state index is -0.0498. The summed E-state index contributed by atoms with van der Waals surface area (Å²) in [6.07, 6.45) is 1.52. The van der Waals surface area contributed by atoms with Crippen molar-refractivity contribution in [3.05, 3.63) is 65.2 Å². The lowest BCUT2D eigenvalue weighted by Crippen LogP contribution is -2.47. The Morgan fingerprint density at radius 1 is 1.04 bits per heavy atom. The van der Waals surface area contributed by atoms with Gasteiger partial charge in [0.05, 0.1) is 0 Å². The maximum absolute atomic E-state index is 12.4. The molecule has 1 aliphatic rings. The van der Waals surface area contributed by atoms with E-state index in [-0.39, 0.29) is 24.5 Å². The number of aryl methyl sites for hydroxylation is 2. The zero-order valence-electron chi connectivity index (χ0n) is 15.9. The smallest absolute Gasteiger partial charge is 0.260 e. The second-order valence-electron chi connectivity index (χ2n) is 7.10. The molecule has 0 spiro atoms. The Kier molecular flexibility index (Phi) is 6.12. The molecule has 0 aromatic heterocycles. The first-order valence-electron chi connectivity index (χ1n) is 9.36. The lowest BCUT2D eigenvalue weighted by molar-refractivity contribution is -0.134. The van der Waals surface area contributed by atoms with Gasteiger partial charge in [0.2, 0.25) is 0 Å². The molecular weight excluding hydrogens is 340 g/mol. The van der Waals surface area contributed by atoms with Crippen LogP contribution in [0.1, 0.15) is 34.3 Å². The van der Waals surface area contributed by atoms with Crippen LogP contribution in [0.3, 0.4) is 0 Å². The van der Waals surface area contributed by atoms with Gasteiger partial charge in [-0.25, -0.2) is 0 Å². The molecule has 1 fully saturated rings. The Morgan fingerprint density at radius 3 is 2.41 bits per heavy atom. The minimum absolute atomic E-state index is 0.0148. The summed E-state index contributed by atoms with van der Waals surface area (Å²) in [6.45, 7) is 5.30. The molecule has 5 nitrogen and oxygen atoms in total. The molecule has 2 amide bonds. The second-order valence-corrected chi connectivity index (χ2v) is 7.10. The van der Waals surface area contributed by atoms with E-state index in [0.717, 1.165) is 24.0 Å². The van der Waals surface area contributed by atoms with Gasteiger partial charge < -0.3 is 15.0 Å². The van der Waals surface area contributed by atoms with Gasteiger partial charge in [0.25, 0.3) is 11.8 Å². The van der Waals surface area contributed by atoms with E-state index >= 15 is 0 Å². The summed E-state index contributed by atoms with van der Waals surface area (Å²) in [5, 5.41) is 3.08. The van der Waals surface area contributed by atoms with E-state index in [1.807, 2.05) is 67.3 Å². The predicted molar refractivity (Wildman–Crippen MR) is 105 cm³/mol. The van der Waals surface area contributed by atoms with Crippen LogP contribution >= 0.6 is 0 Å². The van der Waals surface area contributed by atoms with Gasteiger partial charge in [-0.1, -0.05) is 35.4 Å². The van der Waals surface area contributed by atoms with Gasteiger partial charge in [0.15, 0.2) is 6.61 Å². The molecule has 1 heterocycles. The molecule has 0 unspecified atom stereocenters. The van der Waals surface area contributed by atoms with Gasteiger partial charge in [-0.15, -0.1) is 0 Å². The molecule has 5 heteroatoms. The van der Waals surface area contributed by atoms with E-state index < -0.39 is 0 Å². The number of rotatable bonds is 5. The Balaban J connectivity index is 1.43. The fourth-order valence-electron chi connectivity index (χ4n) is 3.20. The van der Waals surface area contributed by atoms with Crippen molar-refractivity contribution in [1.82, 2.24) is 10.2 Å². The third kappa shape index (κ3) is 5.33. The standard InChI is InChI=1S/C22H26N2O3/c1-16-6-8-20(9-7-16)27-15-21(25)24-12-10-19(11-13-24)23-22(26)18-5-3-4-17(2)14-18/h3-9,14,19H,10-13,15H2,1-2H3,(H,23,26). The summed E-state index contributed by atoms with van der Waals surface area (Å²) in [5.41, 5.74) is 2.90. The van der Waals surface area contributed by atoms with E-state index in [2.05, 4.69) is 5.32 Å². The van der Waals surface area contributed by atoms with E-state index in [1.165, 1.54) is 0 Å². The SMILES string of the molecule is Cc1ccc(OCC(=O)N2CCC(NC(=O)c3cccc(C)c3)CC2)cc1. The fourth-order valence-corrected chi connectivity index (χ4v) is 3.20. The molecule has 142 valence electrons. The first-order valence-corrected chi connectivity index (χ1v) is 9.36. The molecule has 0 radical (unpaired) electrons. The summed E-state index contributed by atoms with van der Waals surface area (Å²) < 4.78 is 5.58. The Morgan fingerprint density at radius 2 is 1.74 bits per heavy atom. The van der Waals surface area contributed by atoms with E-state index in [0.29, 0.717) is 24.4 Å². The van der Waals surface area contributed by atoms with Gasteiger partial charge in [-0.3, -0.25) is 9.59 Å². The highest BCUT2D eigenvalue weighted by molar-refractivity contribution is 5.94. The average molecular weight is 366 g/mol. The number of amides is 2. The summed E-state index contributed by atoms with van der Waals surface area (Å²) in [4.78, 5) is 26.5. The number of nitrogens with zero attached hydrogens (tertiary/aromatic N) is 1. The normalized spacial score (nSPS) is 14.7. The zero-order valence-corrected chi connectivity index (χ0v) is 15.9. The van der Waals surface area contributed by atoms with Gasteiger partial charge in [-0.2, -0.15) is 0 Å². The quantitative estimate of drug-likeness (QED) is 0.885. The van der Waals surface area contributed by atoms with Gasteiger partial charge in [-0.05, 0) is 51.0 Å². The highest BCUT2D eigenvalue weighted by Crippen LogP contribution is 2.14. The highest BCUT2D eigenvalue weighted by Gasteiger charge is 2.24. The second kappa shape index (κ2) is 8.71. The van der Waals surface area contributed by atoms with Crippen LogP contribution in [0.25, 0.3) is 0 Å². The lowest BCUT2D eigenvalue weighted by atomic mass is 10.0. The molecule has 0 saturated carbocycles. The topological polar surface area (TPSA) is 58.6 Å². The fraction of sp³-hybridized carbons (Fsp3) is 0.364. The molecular formula is C22H26N2O3. The molecule has 0 bridgehead atoms. The average Bonchev–Trinajstić information content (AvgIpc) is 2.68. The first-order chi connectivity index (χ1) is 13.0. The molecule has 1 aliphatic heterocycles. The van der Waals surface area contributed by atoms with Crippen LogP contribution in [0.5, 0.6) is 5.75 Å². The van der Waals surface area contributed by atoms with Crippen molar-refractivity contribution in [2.24, 2.45) is 0 Å². The number of nitrogens with one attached hydrogen (secondary N) is 1. The largest absolute Gasteiger partial charge is 0.484 e. The van der Waals surface area contributed by atoms with Crippen molar-refractivity contribution >= 4 is 11.8 Å². The maximum Gasteiger partial charge on any atom is 0.260 e. The first kappa shape index (κ1) is 19.0. The molecule has 2 aromatic rings. The van der Waals surface area contributed by atoms with Crippen LogP contribution in [0, 0.1) is 13.8 Å². The number of hydrogen-bond acceptors (Lipinski definition) is 3. The Hall–Kier alpha value is -2.82.